The van der Waals surface area contributed by atoms with E-state index in [2.05, 4.69) is 5.32 Å². The molecule has 0 unspecified atom stereocenters. The maximum atomic E-state index is 14.0. The first kappa shape index (κ1) is 28.9. The van der Waals surface area contributed by atoms with Gasteiger partial charge in [0, 0.05) is 12.6 Å². The second kappa shape index (κ2) is 12.3. The van der Waals surface area contributed by atoms with Crippen LogP contribution in [0.1, 0.15) is 43.0 Å². The highest BCUT2D eigenvalue weighted by atomic mass is 32.2. The van der Waals surface area contributed by atoms with E-state index in [9.17, 15) is 18.0 Å². The van der Waals surface area contributed by atoms with Gasteiger partial charge in [-0.3, -0.25) is 13.9 Å². The lowest BCUT2D eigenvalue weighted by atomic mass is 10.1. The quantitative estimate of drug-likeness (QED) is 0.406. The summed E-state index contributed by atoms with van der Waals surface area (Å²) in [6, 6.07) is 20.2. The molecule has 0 aromatic heterocycles. The van der Waals surface area contributed by atoms with E-state index in [4.69, 9.17) is 0 Å². The number of rotatable bonds is 10. The van der Waals surface area contributed by atoms with Gasteiger partial charge in [0.15, 0.2) is 0 Å². The lowest BCUT2D eigenvalue weighted by molar-refractivity contribution is -0.139. The molecule has 0 aliphatic rings. The monoisotopic (exact) mass is 535 g/mol. The van der Waals surface area contributed by atoms with E-state index >= 15 is 0 Å². The van der Waals surface area contributed by atoms with Crippen molar-refractivity contribution in [3.63, 3.8) is 0 Å². The molecule has 1 N–H and O–H groups in total. The summed E-state index contributed by atoms with van der Waals surface area (Å²) in [5, 5.41) is 2.87. The van der Waals surface area contributed by atoms with Gasteiger partial charge in [-0.25, -0.2) is 8.42 Å². The van der Waals surface area contributed by atoms with E-state index in [1.54, 1.807) is 37.3 Å². The Morgan fingerprint density at radius 3 is 2.05 bits per heavy atom. The minimum Gasteiger partial charge on any atom is -0.352 e. The predicted octanol–water partition coefficient (Wildman–Crippen LogP) is 4.75. The highest BCUT2D eigenvalue weighted by Gasteiger charge is 2.33. The molecule has 0 heterocycles. The van der Waals surface area contributed by atoms with Gasteiger partial charge in [-0.2, -0.15) is 0 Å². The molecule has 0 saturated heterocycles. The summed E-state index contributed by atoms with van der Waals surface area (Å²) in [5.41, 5.74) is 3.96. The normalized spacial score (nSPS) is 12.2. The zero-order chi connectivity index (χ0) is 28.0. The van der Waals surface area contributed by atoms with Crippen molar-refractivity contribution in [2.75, 3.05) is 10.8 Å². The molecule has 0 aliphatic heterocycles. The van der Waals surface area contributed by atoms with Gasteiger partial charge in [0.1, 0.15) is 12.6 Å². The molecule has 3 rings (SSSR count). The topological polar surface area (TPSA) is 86.8 Å². The Balaban J connectivity index is 2.08. The van der Waals surface area contributed by atoms with Crippen molar-refractivity contribution in [2.45, 2.75) is 65.1 Å². The van der Waals surface area contributed by atoms with Crippen LogP contribution in [0, 0.1) is 20.8 Å². The molecule has 0 saturated carbocycles. The average molecular weight is 536 g/mol. The summed E-state index contributed by atoms with van der Waals surface area (Å²) in [7, 11) is -4.08. The van der Waals surface area contributed by atoms with Crippen LogP contribution in [-0.2, 0) is 26.2 Å². The number of benzene rings is 3. The predicted molar refractivity (Wildman–Crippen MR) is 151 cm³/mol. The summed E-state index contributed by atoms with van der Waals surface area (Å²) in [4.78, 5) is 28.5. The lowest BCUT2D eigenvalue weighted by Gasteiger charge is -2.33. The fourth-order valence-electron chi connectivity index (χ4n) is 4.20. The highest BCUT2D eigenvalue weighted by molar-refractivity contribution is 7.92. The molecule has 38 heavy (non-hydrogen) atoms. The molecule has 0 spiro atoms. The standard InChI is InChI=1S/C30H37N3O4S/c1-21(2)31-30(35)25(6)32(19-26-15-11-10-13-23(26)4)29(34)20-33(28-18-12-14-22(3)24(28)5)38(36,37)27-16-8-7-9-17-27/h7-18,21,25H,19-20H2,1-6H3,(H,31,35)/t25-/m0/s1. The number of amides is 2. The van der Waals surface area contributed by atoms with Gasteiger partial charge in [-0.1, -0.05) is 54.6 Å². The van der Waals surface area contributed by atoms with Gasteiger partial charge >= 0.3 is 0 Å². The average Bonchev–Trinajstić information content (AvgIpc) is 2.88. The van der Waals surface area contributed by atoms with E-state index < -0.39 is 28.5 Å². The number of nitrogens with one attached hydrogen (secondary N) is 1. The minimum absolute atomic E-state index is 0.0877. The molecular weight excluding hydrogens is 498 g/mol. The van der Waals surface area contributed by atoms with Crippen molar-refractivity contribution in [3.05, 3.63) is 95.1 Å². The van der Waals surface area contributed by atoms with Crippen molar-refractivity contribution in [2.24, 2.45) is 0 Å². The number of hydrogen-bond acceptors (Lipinski definition) is 4. The Bertz CT molecular complexity index is 1390. The van der Waals surface area contributed by atoms with Gasteiger partial charge in [0.2, 0.25) is 11.8 Å². The van der Waals surface area contributed by atoms with Crippen LogP contribution in [0.4, 0.5) is 5.69 Å². The molecule has 7 nitrogen and oxygen atoms in total. The summed E-state index contributed by atoms with van der Waals surface area (Å²) in [6.45, 7) is 10.8. The first-order valence-electron chi connectivity index (χ1n) is 12.7. The Hall–Kier alpha value is -3.65. The molecule has 0 radical (unpaired) electrons. The number of sulfonamides is 1. The van der Waals surface area contributed by atoms with Crippen LogP contribution in [0.5, 0.6) is 0 Å². The van der Waals surface area contributed by atoms with Gasteiger partial charge in [-0.15, -0.1) is 0 Å². The van der Waals surface area contributed by atoms with E-state index in [1.165, 1.54) is 17.0 Å². The Labute approximate surface area is 226 Å². The molecule has 8 heteroatoms. The van der Waals surface area contributed by atoms with Crippen molar-refractivity contribution in [1.29, 1.82) is 0 Å². The van der Waals surface area contributed by atoms with Gasteiger partial charge in [0.25, 0.3) is 10.0 Å². The molecular formula is C30H37N3O4S. The second-order valence-electron chi connectivity index (χ2n) is 9.83. The molecule has 0 bridgehead atoms. The SMILES string of the molecule is Cc1ccccc1CN(C(=O)CN(c1cccc(C)c1C)S(=O)(=O)c1ccccc1)[C@@H](C)C(=O)NC(C)C. The number of hydrogen-bond donors (Lipinski definition) is 1. The van der Waals surface area contributed by atoms with E-state index in [0.29, 0.717) is 5.69 Å². The second-order valence-corrected chi connectivity index (χ2v) is 11.7. The smallest absolute Gasteiger partial charge is 0.264 e. The maximum absolute atomic E-state index is 14.0. The zero-order valence-corrected chi connectivity index (χ0v) is 23.7. The van der Waals surface area contributed by atoms with Crippen LogP contribution in [0.2, 0.25) is 0 Å². The number of carbonyl (C=O) groups excluding carboxylic acids is 2. The number of anilines is 1. The summed E-state index contributed by atoms with van der Waals surface area (Å²) < 4.78 is 28.9. The molecule has 202 valence electrons. The van der Waals surface area contributed by atoms with Gasteiger partial charge in [0.05, 0.1) is 10.6 Å². The van der Waals surface area contributed by atoms with E-state index in [0.717, 1.165) is 26.6 Å². The Kier molecular flexibility index (Phi) is 9.33. The Morgan fingerprint density at radius 1 is 0.816 bits per heavy atom. The summed E-state index contributed by atoms with van der Waals surface area (Å²) in [6.07, 6.45) is 0. The first-order chi connectivity index (χ1) is 17.9. The zero-order valence-electron chi connectivity index (χ0n) is 22.9. The summed E-state index contributed by atoms with van der Waals surface area (Å²) in [5.74, 6) is -0.772. The van der Waals surface area contributed by atoms with E-state index in [1.807, 2.05) is 65.0 Å². The summed E-state index contributed by atoms with van der Waals surface area (Å²) >= 11 is 0. The van der Waals surface area contributed by atoms with Crippen LogP contribution in [-0.4, -0.2) is 43.8 Å². The third kappa shape index (κ3) is 6.61. The maximum Gasteiger partial charge on any atom is 0.264 e. The first-order valence-corrected chi connectivity index (χ1v) is 14.2. The fourth-order valence-corrected chi connectivity index (χ4v) is 5.69. The minimum atomic E-state index is -4.08. The van der Waals surface area contributed by atoms with Crippen LogP contribution < -0.4 is 9.62 Å². The van der Waals surface area contributed by atoms with Crippen molar-refractivity contribution in [1.82, 2.24) is 10.2 Å². The van der Waals surface area contributed by atoms with Crippen LogP contribution in [0.15, 0.2) is 77.7 Å². The fraction of sp³-hybridized carbons (Fsp3) is 0.333. The van der Waals surface area contributed by atoms with Crippen molar-refractivity contribution in [3.8, 4) is 0 Å². The highest BCUT2D eigenvalue weighted by Crippen LogP contribution is 2.29. The molecule has 3 aromatic carbocycles. The number of aryl methyl sites for hydroxylation is 2. The molecule has 3 aromatic rings. The molecule has 2 amide bonds. The van der Waals surface area contributed by atoms with Crippen LogP contribution >= 0.6 is 0 Å². The van der Waals surface area contributed by atoms with Crippen LogP contribution in [0.3, 0.4) is 0 Å². The largest absolute Gasteiger partial charge is 0.352 e. The number of nitrogens with zero attached hydrogens (tertiary/aromatic N) is 2. The molecule has 0 fully saturated rings. The van der Waals surface area contributed by atoms with Crippen molar-refractivity contribution < 1.29 is 18.0 Å². The van der Waals surface area contributed by atoms with Crippen molar-refractivity contribution >= 4 is 27.5 Å². The van der Waals surface area contributed by atoms with Gasteiger partial charge < -0.3 is 10.2 Å². The van der Waals surface area contributed by atoms with Crippen LogP contribution in [0.25, 0.3) is 0 Å². The molecule has 0 aliphatic carbocycles. The Morgan fingerprint density at radius 2 is 1.42 bits per heavy atom. The third-order valence-corrected chi connectivity index (χ3v) is 8.43. The third-order valence-electron chi connectivity index (χ3n) is 6.65. The molecule has 1 atom stereocenters. The number of carbonyl (C=O) groups is 2. The van der Waals surface area contributed by atoms with E-state index in [-0.39, 0.29) is 23.4 Å². The van der Waals surface area contributed by atoms with Gasteiger partial charge in [-0.05, 0) is 82.0 Å². The lowest BCUT2D eigenvalue weighted by Crippen LogP contribution is -2.52.